The zero-order valence-electron chi connectivity index (χ0n) is 10.9. The largest absolute Gasteiger partial charge is 0.489 e. The maximum atomic E-state index is 11.4. The number of ketones is 1. The summed E-state index contributed by atoms with van der Waals surface area (Å²) in [6, 6.07) is 11.2. The van der Waals surface area contributed by atoms with Crippen molar-refractivity contribution in [3.63, 3.8) is 0 Å². The molecule has 2 aromatic carbocycles. The Morgan fingerprint density at radius 1 is 1.19 bits per heavy atom. The molecule has 1 aliphatic heterocycles. The lowest BCUT2D eigenvalue weighted by Crippen LogP contribution is -1.98. The lowest BCUT2D eigenvalue weighted by molar-refractivity contribution is -0.384. The summed E-state index contributed by atoms with van der Waals surface area (Å²) in [6.07, 6.45) is 0. The van der Waals surface area contributed by atoms with Gasteiger partial charge in [0.2, 0.25) is 5.78 Å². The minimum atomic E-state index is -0.445. The van der Waals surface area contributed by atoms with Crippen molar-refractivity contribution < 1.29 is 19.2 Å². The summed E-state index contributed by atoms with van der Waals surface area (Å²) in [5.74, 6) is 1.08. The fourth-order valence-electron chi connectivity index (χ4n) is 2.04. The molecule has 0 saturated carbocycles. The van der Waals surface area contributed by atoms with Gasteiger partial charge in [-0.3, -0.25) is 14.9 Å². The van der Waals surface area contributed by atoms with E-state index in [4.69, 9.17) is 9.47 Å². The van der Waals surface area contributed by atoms with Gasteiger partial charge in [-0.1, -0.05) is 0 Å². The van der Waals surface area contributed by atoms with Gasteiger partial charge in [0, 0.05) is 18.2 Å². The number of benzene rings is 2. The average molecular weight is 285 g/mol. The van der Waals surface area contributed by atoms with Crippen LogP contribution in [0.2, 0.25) is 0 Å². The van der Waals surface area contributed by atoms with Gasteiger partial charge in [-0.05, 0) is 29.8 Å². The van der Waals surface area contributed by atoms with Crippen molar-refractivity contribution in [2.45, 2.75) is 6.61 Å². The molecule has 0 fully saturated rings. The van der Waals surface area contributed by atoms with Gasteiger partial charge in [0.25, 0.3) is 5.69 Å². The van der Waals surface area contributed by atoms with Crippen molar-refractivity contribution in [2.75, 3.05) is 6.61 Å². The fourth-order valence-corrected chi connectivity index (χ4v) is 2.04. The van der Waals surface area contributed by atoms with Crippen LogP contribution < -0.4 is 9.47 Å². The van der Waals surface area contributed by atoms with E-state index in [0.29, 0.717) is 17.1 Å². The summed E-state index contributed by atoms with van der Waals surface area (Å²) in [5.41, 5.74) is 1.43. The molecule has 0 bridgehead atoms. The van der Waals surface area contributed by atoms with Crippen LogP contribution in [-0.2, 0) is 6.61 Å². The van der Waals surface area contributed by atoms with Gasteiger partial charge in [0.15, 0.2) is 6.61 Å². The van der Waals surface area contributed by atoms with Crippen LogP contribution in [0.1, 0.15) is 15.9 Å². The summed E-state index contributed by atoms with van der Waals surface area (Å²) in [7, 11) is 0. The van der Waals surface area contributed by atoms with Gasteiger partial charge >= 0.3 is 0 Å². The number of non-ortho nitro benzene ring substituents is 1. The zero-order chi connectivity index (χ0) is 14.8. The number of hydrogen-bond donors (Lipinski definition) is 0. The predicted molar refractivity (Wildman–Crippen MR) is 73.7 cm³/mol. The molecular formula is C15H11NO5. The number of hydrogen-bond acceptors (Lipinski definition) is 5. The molecular weight excluding hydrogens is 274 g/mol. The Kier molecular flexibility index (Phi) is 3.27. The highest BCUT2D eigenvalue weighted by atomic mass is 16.6. The van der Waals surface area contributed by atoms with E-state index < -0.39 is 4.92 Å². The zero-order valence-corrected chi connectivity index (χ0v) is 10.9. The molecule has 21 heavy (non-hydrogen) atoms. The van der Waals surface area contributed by atoms with E-state index >= 15 is 0 Å². The molecule has 0 saturated heterocycles. The lowest BCUT2D eigenvalue weighted by atomic mass is 10.1. The Labute approximate surface area is 120 Å². The molecule has 0 radical (unpaired) electrons. The molecule has 1 heterocycles. The number of Topliss-reactive ketones (excluding diaryl/α,β-unsaturated/α-hetero) is 1. The Morgan fingerprint density at radius 3 is 2.67 bits per heavy atom. The molecule has 0 aliphatic carbocycles. The summed E-state index contributed by atoms with van der Waals surface area (Å²) in [5, 5.41) is 10.6. The third kappa shape index (κ3) is 2.69. The number of fused-ring (bicyclic) bond motifs is 1. The maximum absolute atomic E-state index is 11.4. The Balaban J connectivity index is 1.68. The molecule has 6 nitrogen and oxygen atoms in total. The van der Waals surface area contributed by atoms with Crippen LogP contribution in [0.3, 0.4) is 0 Å². The van der Waals surface area contributed by atoms with E-state index in [1.807, 2.05) is 0 Å². The van der Waals surface area contributed by atoms with E-state index in [0.717, 1.165) is 5.56 Å². The fraction of sp³-hybridized carbons (Fsp3) is 0.133. The minimum Gasteiger partial charge on any atom is -0.489 e. The maximum Gasteiger partial charge on any atom is 0.269 e. The molecule has 106 valence electrons. The smallest absolute Gasteiger partial charge is 0.269 e. The first-order valence-electron chi connectivity index (χ1n) is 6.29. The number of ether oxygens (including phenoxy) is 2. The molecule has 0 amide bonds. The van der Waals surface area contributed by atoms with Crippen LogP contribution in [-0.4, -0.2) is 17.3 Å². The average Bonchev–Trinajstić information content (AvgIpc) is 2.86. The molecule has 1 aliphatic rings. The summed E-state index contributed by atoms with van der Waals surface area (Å²) in [4.78, 5) is 21.5. The lowest BCUT2D eigenvalue weighted by Gasteiger charge is -2.07. The number of carbonyl (C=O) groups excluding carboxylic acids is 1. The Hall–Kier alpha value is -2.89. The first kappa shape index (κ1) is 13.1. The highest BCUT2D eigenvalue weighted by Gasteiger charge is 2.21. The minimum absolute atomic E-state index is 0.0353. The van der Waals surface area contributed by atoms with Crippen molar-refractivity contribution in [2.24, 2.45) is 0 Å². The summed E-state index contributed by atoms with van der Waals surface area (Å²) in [6.45, 7) is 0.353. The third-order valence-electron chi connectivity index (χ3n) is 3.16. The highest BCUT2D eigenvalue weighted by Crippen LogP contribution is 2.29. The molecule has 0 N–H and O–H groups in total. The van der Waals surface area contributed by atoms with E-state index in [1.54, 1.807) is 30.3 Å². The monoisotopic (exact) mass is 285 g/mol. The number of nitrogens with zero attached hydrogens (tertiary/aromatic N) is 1. The standard InChI is InChI=1S/C15H11NO5/c17-14-9-21-15-7-12(5-6-13(14)15)20-8-10-1-3-11(4-2-10)16(18)19/h1-7H,8-9H2. The number of nitro benzene ring substituents is 1. The highest BCUT2D eigenvalue weighted by molar-refractivity contribution is 6.02. The Morgan fingerprint density at radius 2 is 1.95 bits per heavy atom. The van der Waals surface area contributed by atoms with E-state index in [1.165, 1.54) is 12.1 Å². The van der Waals surface area contributed by atoms with Crippen LogP contribution in [0.15, 0.2) is 42.5 Å². The van der Waals surface area contributed by atoms with Crippen LogP contribution in [0.5, 0.6) is 11.5 Å². The van der Waals surface area contributed by atoms with Gasteiger partial charge < -0.3 is 9.47 Å². The van der Waals surface area contributed by atoms with Crippen molar-refractivity contribution in [1.29, 1.82) is 0 Å². The molecule has 3 rings (SSSR count). The van der Waals surface area contributed by atoms with Crippen molar-refractivity contribution in [3.05, 3.63) is 63.7 Å². The molecule has 0 spiro atoms. The molecule has 6 heteroatoms. The number of nitro groups is 1. The normalized spacial score (nSPS) is 12.7. The second-order valence-electron chi connectivity index (χ2n) is 4.58. The first-order valence-corrected chi connectivity index (χ1v) is 6.29. The van der Waals surface area contributed by atoms with E-state index in [-0.39, 0.29) is 24.7 Å². The van der Waals surface area contributed by atoms with Crippen molar-refractivity contribution >= 4 is 11.5 Å². The number of rotatable bonds is 4. The van der Waals surface area contributed by atoms with Gasteiger partial charge in [0.05, 0.1) is 10.5 Å². The SMILES string of the molecule is O=C1COc2cc(OCc3ccc([N+](=O)[O-])cc3)ccc21. The summed E-state index contributed by atoms with van der Waals surface area (Å²) < 4.78 is 10.8. The number of carbonyl (C=O) groups is 1. The van der Waals surface area contributed by atoms with Crippen LogP contribution in [0.4, 0.5) is 5.69 Å². The third-order valence-corrected chi connectivity index (χ3v) is 3.16. The topological polar surface area (TPSA) is 78.7 Å². The first-order chi connectivity index (χ1) is 10.1. The van der Waals surface area contributed by atoms with Crippen LogP contribution >= 0.6 is 0 Å². The quantitative estimate of drug-likeness (QED) is 0.637. The van der Waals surface area contributed by atoms with E-state index in [2.05, 4.69) is 0 Å². The van der Waals surface area contributed by atoms with Crippen LogP contribution in [0.25, 0.3) is 0 Å². The van der Waals surface area contributed by atoms with E-state index in [9.17, 15) is 14.9 Å². The second kappa shape index (κ2) is 5.24. The van der Waals surface area contributed by atoms with Gasteiger partial charge in [0.1, 0.15) is 18.1 Å². The second-order valence-corrected chi connectivity index (χ2v) is 4.58. The molecule has 0 aromatic heterocycles. The van der Waals surface area contributed by atoms with Crippen molar-refractivity contribution in [3.8, 4) is 11.5 Å². The van der Waals surface area contributed by atoms with Crippen LogP contribution in [0, 0.1) is 10.1 Å². The molecule has 0 unspecified atom stereocenters. The van der Waals surface area contributed by atoms with Gasteiger partial charge in [-0.25, -0.2) is 0 Å². The summed E-state index contributed by atoms with van der Waals surface area (Å²) >= 11 is 0. The molecule has 0 atom stereocenters. The Bertz CT molecular complexity index is 709. The predicted octanol–water partition coefficient (Wildman–Crippen LogP) is 2.75. The van der Waals surface area contributed by atoms with Gasteiger partial charge in [-0.2, -0.15) is 0 Å². The van der Waals surface area contributed by atoms with Crippen molar-refractivity contribution in [1.82, 2.24) is 0 Å². The molecule has 2 aromatic rings. The van der Waals surface area contributed by atoms with Gasteiger partial charge in [-0.15, -0.1) is 0 Å².